The predicted octanol–water partition coefficient (Wildman–Crippen LogP) is 3.59. The maximum Gasteiger partial charge on any atom is 0.223 e. The van der Waals surface area contributed by atoms with Crippen molar-refractivity contribution in [2.45, 2.75) is 32.2 Å². The van der Waals surface area contributed by atoms with Crippen LogP contribution in [0.3, 0.4) is 0 Å². The first-order chi connectivity index (χ1) is 9.66. The predicted molar refractivity (Wildman–Crippen MR) is 85.9 cm³/mol. The number of benzene rings is 1. The molecule has 1 aromatic carbocycles. The van der Waals surface area contributed by atoms with Crippen LogP contribution < -0.4 is 5.32 Å². The number of rotatable bonds is 5. The molecule has 1 amide bonds. The van der Waals surface area contributed by atoms with Gasteiger partial charge in [0.05, 0.1) is 0 Å². The zero-order valence-electron chi connectivity index (χ0n) is 11.5. The van der Waals surface area contributed by atoms with E-state index in [4.69, 9.17) is 11.6 Å². The average molecular weight is 360 g/mol. The average Bonchev–Trinajstić information content (AvgIpc) is 2.47. The van der Waals surface area contributed by atoms with Crippen molar-refractivity contribution in [3.8, 4) is 0 Å². The summed E-state index contributed by atoms with van der Waals surface area (Å²) >= 11 is 9.47. The highest BCUT2D eigenvalue weighted by atomic mass is 79.9. The van der Waals surface area contributed by atoms with Crippen LogP contribution in [0.15, 0.2) is 22.7 Å². The van der Waals surface area contributed by atoms with Crippen LogP contribution in [0.2, 0.25) is 5.02 Å². The van der Waals surface area contributed by atoms with E-state index in [9.17, 15) is 4.79 Å². The van der Waals surface area contributed by atoms with Crippen LogP contribution in [0.4, 0.5) is 0 Å². The van der Waals surface area contributed by atoms with Crippen LogP contribution in [-0.2, 0) is 11.3 Å². The number of hydrogen-bond donors (Lipinski definition) is 1. The SMILES string of the molecule is O=C(CCNCc1cc(Cl)ccc1Br)N1CCCCC1. The Kier molecular flexibility index (Phi) is 6.33. The van der Waals surface area contributed by atoms with E-state index in [1.807, 2.05) is 23.1 Å². The molecule has 0 saturated carbocycles. The Bertz CT molecular complexity index is 461. The molecular formula is C15H20BrClN2O. The fraction of sp³-hybridized carbons (Fsp3) is 0.533. The summed E-state index contributed by atoms with van der Waals surface area (Å²) in [5.74, 6) is 0.266. The van der Waals surface area contributed by atoms with Gasteiger partial charge in [-0.3, -0.25) is 4.79 Å². The van der Waals surface area contributed by atoms with Crippen molar-refractivity contribution in [3.63, 3.8) is 0 Å². The Morgan fingerprint density at radius 1 is 1.30 bits per heavy atom. The second-order valence-electron chi connectivity index (χ2n) is 5.10. The second-order valence-corrected chi connectivity index (χ2v) is 6.39. The first-order valence-electron chi connectivity index (χ1n) is 7.09. The van der Waals surface area contributed by atoms with Crippen LogP contribution in [0.25, 0.3) is 0 Å². The fourth-order valence-corrected chi connectivity index (χ4v) is 2.98. The highest BCUT2D eigenvalue weighted by molar-refractivity contribution is 9.10. The minimum absolute atomic E-state index is 0.266. The van der Waals surface area contributed by atoms with E-state index >= 15 is 0 Å². The smallest absolute Gasteiger partial charge is 0.223 e. The van der Waals surface area contributed by atoms with E-state index in [-0.39, 0.29) is 5.91 Å². The zero-order chi connectivity index (χ0) is 14.4. The van der Waals surface area contributed by atoms with E-state index < -0.39 is 0 Å². The van der Waals surface area contributed by atoms with Crippen LogP contribution in [0.5, 0.6) is 0 Å². The van der Waals surface area contributed by atoms with Crippen molar-refractivity contribution in [1.82, 2.24) is 10.2 Å². The van der Waals surface area contributed by atoms with E-state index in [1.54, 1.807) is 0 Å². The summed E-state index contributed by atoms with van der Waals surface area (Å²) in [5.41, 5.74) is 1.11. The quantitative estimate of drug-likeness (QED) is 0.815. The Hall–Kier alpha value is -0.580. The first kappa shape index (κ1) is 15.8. The molecule has 0 aromatic heterocycles. The van der Waals surface area contributed by atoms with Gasteiger partial charge in [-0.15, -0.1) is 0 Å². The van der Waals surface area contributed by atoms with E-state index in [2.05, 4.69) is 21.2 Å². The number of carbonyl (C=O) groups excluding carboxylic acids is 1. The summed E-state index contributed by atoms with van der Waals surface area (Å²) in [6, 6.07) is 5.73. The molecule has 0 spiro atoms. The van der Waals surface area contributed by atoms with Gasteiger partial charge in [0.15, 0.2) is 0 Å². The van der Waals surface area contributed by atoms with E-state index in [1.165, 1.54) is 6.42 Å². The summed E-state index contributed by atoms with van der Waals surface area (Å²) in [5, 5.41) is 4.03. The van der Waals surface area contributed by atoms with Gasteiger partial charge in [0, 0.05) is 42.1 Å². The van der Waals surface area contributed by atoms with Gasteiger partial charge in [0.25, 0.3) is 0 Å². The van der Waals surface area contributed by atoms with Gasteiger partial charge in [0.1, 0.15) is 0 Å². The Morgan fingerprint density at radius 2 is 2.05 bits per heavy atom. The van der Waals surface area contributed by atoms with E-state index in [0.717, 1.165) is 41.0 Å². The molecule has 1 N–H and O–H groups in total. The maximum atomic E-state index is 12.0. The lowest BCUT2D eigenvalue weighted by Gasteiger charge is -2.26. The molecule has 1 fully saturated rings. The Labute approximate surface area is 133 Å². The highest BCUT2D eigenvalue weighted by Gasteiger charge is 2.15. The summed E-state index contributed by atoms with van der Waals surface area (Å²) < 4.78 is 1.04. The van der Waals surface area contributed by atoms with Gasteiger partial charge in [0.2, 0.25) is 5.91 Å². The molecule has 1 aromatic rings. The molecule has 20 heavy (non-hydrogen) atoms. The lowest BCUT2D eigenvalue weighted by atomic mass is 10.1. The normalized spacial score (nSPS) is 15.4. The number of nitrogens with zero attached hydrogens (tertiary/aromatic N) is 1. The third-order valence-electron chi connectivity index (χ3n) is 3.55. The van der Waals surface area contributed by atoms with E-state index in [0.29, 0.717) is 19.5 Å². The van der Waals surface area contributed by atoms with Gasteiger partial charge in [-0.2, -0.15) is 0 Å². The lowest BCUT2D eigenvalue weighted by Crippen LogP contribution is -2.37. The van der Waals surface area contributed by atoms with Crippen LogP contribution >= 0.6 is 27.5 Å². The fourth-order valence-electron chi connectivity index (χ4n) is 2.40. The summed E-state index contributed by atoms with van der Waals surface area (Å²) in [6.07, 6.45) is 4.12. The molecule has 5 heteroatoms. The number of nitrogens with one attached hydrogen (secondary N) is 1. The van der Waals surface area contributed by atoms with Crippen LogP contribution in [-0.4, -0.2) is 30.4 Å². The summed E-state index contributed by atoms with van der Waals surface area (Å²) in [4.78, 5) is 14.0. The second kappa shape index (κ2) is 8.01. The maximum absolute atomic E-state index is 12.0. The largest absolute Gasteiger partial charge is 0.343 e. The van der Waals surface area contributed by atoms with Crippen molar-refractivity contribution in [2.75, 3.05) is 19.6 Å². The third-order valence-corrected chi connectivity index (χ3v) is 4.56. The monoisotopic (exact) mass is 358 g/mol. The van der Waals surface area contributed by atoms with Gasteiger partial charge in [-0.25, -0.2) is 0 Å². The topological polar surface area (TPSA) is 32.3 Å². The molecule has 1 heterocycles. The Morgan fingerprint density at radius 3 is 2.80 bits per heavy atom. The summed E-state index contributed by atoms with van der Waals surface area (Å²) in [7, 11) is 0. The van der Waals surface area contributed by atoms with Crippen molar-refractivity contribution in [3.05, 3.63) is 33.3 Å². The van der Waals surface area contributed by atoms with Gasteiger partial charge < -0.3 is 10.2 Å². The molecule has 0 unspecified atom stereocenters. The molecule has 3 nitrogen and oxygen atoms in total. The standard InChI is InChI=1S/C15H20BrClN2O/c16-14-5-4-13(17)10-12(14)11-18-7-6-15(20)19-8-2-1-3-9-19/h4-5,10,18H,1-3,6-9,11H2. The van der Waals surface area contributed by atoms with Crippen molar-refractivity contribution in [2.24, 2.45) is 0 Å². The molecule has 0 atom stereocenters. The van der Waals surface area contributed by atoms with Gasteiger partial charge in [-0.1, -0.05) is 27.5 Å². The molecule has 0 aliphatic carbocycles. The number of amides is 1. The molecular weight excluding hydrogens is 340 g/mol. The zero-order valence-corrected chi connectivity index (χ0v) is 13.8. The third kappa shape index (κ3) is 4.76. The Balaban J connectivity index is 1.70. The number of piperidine rings is 1. The van der Waals surface area contributed by atoms with Crippen LogP contribution in [0, 0.1) is 0 Å². The minimum atomic E-state index is 0.266. The van der Waals surface area contributed by atoms with Crippen molar-refractivity contribution < 1.29 is 4.79 Å². The molecule has 1 saturated heterocycles. The van der Waals surface area contributed by atoms with Gasteiger partial charge >= 0.3 is 0 Å². The number of likely N-dealkylation sites (tertiary alicyclic amines) is 1. The molecule has 1 aliphatic rings. The van der Waals surface area contributed by atoms with Crippen molar-refractivity contribution >= 4 is 33.4 Å². The number of hydrogen-bond acceptors (Lipinski definition) is 2. The molecule has 0 radical (unpaired) electrons. The first-order valence-corrected chi connectivity index (χ1v) is 8.26. The molecule has 0 bridgehead atoms. The summed E-state index contributed by atoms with van der Waals surface area (Å²) in [6.45, 7) is 3.28. The van der Waals surface area contributed by atoms with Crippen LogP contribution in [0.1, 0.15) is 31.2 Å². The molecule has 110 valence electrons. The minimum Gasteiger partial charge on any atom is -0.343 e. The highest BCUT2D eigenvalue weighted by Crippen LogP contribution is 2.20. The number of carbonyl (C=O) groups is 1. The number of halogens is 2. The van der Waals surface area contributed by atoms with Crippen molar-refractivity contribution in [1.29, 1.82) is 0 Å². The molecule has 1 aliphatic heterocycles. The van der Waals surface area contributed by atoms with Gasteiger partial charge in [-0.05, 0) is 43.0 Å². The lowest BCUT2D eigenvalue weighted by molar-refractivity contribution is -0.131. The molecule has 2 rings (SSSR count).